The van der Waals surface area contributed by atoms with Crippen LogP contribution in [0.25, 0.3) is 10.8 Å². The molecule has 1 N–H and O–H groups in total. The van der Waals surface area contributed by atoms with Crippen LogP contribution in [-0.4, -0.2) is 10.5 Å². The average Bonchev–Trinajstić information content (AvgIpc) is 2.93. The van der Waals surface area contributed by atoms with Gasteiger partial charge in [-0.1, -0.05) is 0 Å². The van der Waals surface area contributed by atoms with Crippen LogP contribution in [0.2, 0.25) is 0 Å². The van der Waals surface area contributed by atoms with E-state index in [0.29, 0.717) is 5.76 Å². The van der Waals surface area contributed by atoms with Crippen molar-refractivity contribution in [3.8, 4) is 10.8 Å². The molecule has 0 fully saturated rings. The lowest BCUT2D eigenvalue weighted by molar-refractivity contribution is -0.141. The second kappa shape index (κ2) is 5.21. The quantitative estimate of drug-likeness (QED) is 0.918. The zero-order valence-electron chi connectivity index (χ0n) is 11.3. The third kappa shape index (κ3) is 3.61. The lowest BCUT2D eigenvalue weighted by atomic mass is 10.1. The Bertz CT molecular complexity index is 567. The maximum Gasteiger partial charge on any atom is 0.434 e. The molecule has 0 atom stereocenters. The largest absolute Gasteiger partial charge is 0.462 e. The minimum absolute atomic E-state index is 0.122. The van der Waals surface area contributed by atoms with Gasteiger partial charge in [-0.05, 0) is 32.9 Å². The van der Waals surface area contributed by atoms with Crippen molar-refractivity contribution in [3.63, 3.8) is 0 Å². The molecular weight excluding hydrogens is 289 g/mol. The summed E-state index contributed by atoms with van der Waals surface area (Å²) in [5.41, 5.74) is -1.11. The molecule has 2 aromatic rings. The Morgan fingerprint density at radius 1 is 1.30 bits per heavy atom. The highest BCUT2D eigenvalue weighted by molar-refractivity contribution is 7.15. The summed E-state index contributed by atoms with van der Waals surface area (Å²) in [6.07, 6.45) is -3.05. The summed E-state index contributed by atoms with van der Waals surface area (Å²) in [6.45, 7) is 5.81. The molecule has 0 unspecified atom stereocenters. The van der Waals surface area contributed by atoms with Crippen molar-refractivity contribution in [2.45, 2.75) is 39.0 Å². The lowest BCUT2D eigenvalue weighted by Gasteiger charge is -2.20. The van der Waals surface area contributed by atoms with E-state index >= 15 is 0 Å². The molecule has 7 heteroatoms. The van der Waals surface area contributed by atoms with Crippen LogP contribution in [0.15, 0.2) is 22.8 Å². The molecular formula is C13H15F3N2OS. The number of hydrogen-bond donors (Lipinski definition) is 1. The normalized spacial score (nSPS) is 12.9. The van der Waals surface area contributed by atoms with Crippen molar-refractivity contribution < 1.29 is 17.6 Å². The Kier molecular flexibility index (Phi) is 3.93. The monoisotopic (exact) mass is 304 g/mol. The minimum Gasteiger partial charge on any atom is -0.462 e. The van der Waals surface area contributed by atoms with Gasteiger partial charge in [0.1, 0.15) is 0 Å². The molecule has 0 saturated heterocycles. The molecule has 0 amide bonds. The Hall–Kier alpha value is -1.34. The summed E-state index contributed by atoms with van der Waals surface area (Å²) in [7, 11) is 0. The molecule has 20 heavy (non-hydrogen) atoms. The first-order valence-corrected chi connectivity index (χ1v) is 6.84. The standard InChI is InChI=1S/C13H15F3N2OS/c1-12(2,3)17-7-9-10(13(14,15)16)18-11(20-9)8-5-4-6-19-8/h4-6,17H,7H2,1-3H3. The van der Waals surface area contributed by atoms with Crippen LogP contribution in [0.3, 0.4) is 0 Å². The Labute approximate surface area is 118 Å². The fourth-order valence-electron chi connectivity index (χ4n) is 1.54. The van der Waals surface area contributed by atoms with Gasteiger partial charge in [0.25, 0.3) is 0 Å². The number of furan rings is 1. The van der Waals surface area contributed by atoms with E-state index in [4.69, 9.17) is 4.42 Å². The highest BCUT2D eigenvalue weighted by atomic mass is 32.1. The maximum atomic E-state index is 13.0. The number of thiazole rings is 1. The van der Waals surface area contributed by atoms with Crippen molar-refractivity contribution in [3.05, 3.63) is 29.0 Å². The molecule has 0 radical (unpaired) electrons. The van der Waals surface area contributed by atoms with Gasteiger partial charge in [0.15, 0.2) is 16.5 Å². The first-order chi connectivity index (χ1) is 9.17. The zero-order chi connectivity index (χ0) is 15.0. The zero-order valence-corrected chi connectivity index (χ0v) is 12.2. The number of nitrogens with zero attached hydrogens (tertiary/aromatic N) is 1. The van der Waals surface area contributed by atoms with Crippen molar-refractivity contribution in [1.29, 1.82) is 0 Å². The Morgan fingerprint density at radius 2 is 2.00 bits per heavy atom. The molecule has 0 aromatic carbocycles. The lowest BCUT2D eigenvalue weighted by Crippen LogP contribution is -2.35. The molecule has 2 aromatic heterocycles. The van der Waals surface area contributed by atoms with E-state index < -0.39 is 11.9 Å². The SMILES string of the molecule is CC(C)(C)NCc1sc(-c2ccco2)nc1C(F)(F)F. The van der Waals surface area contributed by atoms with Crippen molar-refractivity contribution in [1.82, 2.24) is 10.3 Å². The molecule has 110 valence electrons. The average molecular weight is 304 g/mol. The first-order valence-electron chi connectivity index (χ1n) is 6.02. The van der Waals surface area contributed by atoms with Crippen LogP contribution in [0.4, 0.5) is 13.2 Å². The van der Waals surface area contributed by atoms with Gasteiger partial charge in [0.2, 0.25) is 0 Å². The van der Waals surface area contributed by atoms with Gasteiger partial charge in [-0.3, -0.25) is 0 Å². The molecule has 0 aliphatic heterocycles. The van der Waals surface area contributed by atoms with Gasteiger partial charge in [-0.25, -0.2) is 4.98 Å². The summed E-state index contributed by atoms with van der Waals surface area (Å²) in [4.78, 5) is 3.85. The smallest absolute Gasteiger partial charge is 0.434 e. The van der Waals surface area contributed by atoms with Crippen molar-refractivity contribution >= 4 is 11.3 Å². The molecule has 2 rings (SSSR count). The Balaban J connectivity index is 2.34. The fraction of sp³-hybridized carbons (Fsp3) is 0.462. The van der Waals surface area contributed by atoms with Gasteiger partial charge in [0.05, 0.1) is 11.1 Å². The number of aromatic nitrogens is 1. The summed E-state index contributed by atoms with van der Waals surface area (Å²) in [6, 6.07) is 3.22. The van der Waals surface area contributed by atoms with E-state index in [-0.39, 0.29) is 22.0 Å². The molecule has 0 aliphatic carbocycles. The third-order valence-electron chi connectivity index (χ3n) is 2.48. The molecule has 3 nitrogen and oxygen atoms in total. The predicted molar refractivity (Wildman–Crippen MR) is 71.4 cm³/mol. The predicted octanol–water partition coefficient (Wildman–Crippen LogP) is 4.31. The van der Waals surface area contributed by atoms with Gasteiger partial charge in [-0.15, -0.1) is 11.3 Å². The van der Waals surface area contributed by atoms with E-state index in [9.17, 15) is 13.2 Å². The highest BCUT2D eigenvalue weighted by Gasteiger charge is 2.37. The summed E-state index contributed by atoms with van der Waals surface area (Å²) >= 11 is 0.997. The second-order valence-electron chi connectivity index (χ2n) is 5.37. The van der Waals surface area contributed by atoms with Gasteiger partial charge < -0.3 is 9.73 Å². The fourth-order valence-corrected chi connectivity index (χ4v) is 2.53. The molecule has 2 heterocycles. The van der Waals surface area contributed by atoms with E-state index in [1.165, 1.54) is 6.26 Å². The number of alkyl halides is 3. The number of hydrogen-bond acceptors (Lipinski definition) is 4. The number of halogens is 3. The number of nitrogens with one attached hydrogen (secondary N) is 1. The highest BCUT2D eigenvalue weighted by Crippen LogP contribution is 2.37. The van der Waals surface area contributed by atoms with Crippen LogP contribution in [0, 0.1) is 0 Å². The molecule has 0 aliphatic rings. The van der Waals surface area contributed by atoms with Gasteiger partial charge >= 0.3 is 6.18 Å². The first kappa shape index (κ1) is 15.1. The van der Waals surface area contributed by atoms with E-state index in [1.54, 1.807) is 12.1 Å². The minimum atomic E-state index is -4.46. The second-order valence-corrected chi connectivity index (χ2v) is 6.45. The van der Waals surface area contributed by atoms with Gasteiger partial charge in [-0.2, -0.15) is 13.2 Å². The van der Waals surface area contributed by atoms with Crippen LogP contribution < -0.4 is 5.32 Å². The van der Waals surface area contributed by atoms with Crippen LogP contribution >= 0.6 is 11.3 Å². The third-order valence-corrected chi connectivity index (χ3v) is 3.55. The maximum absolute atomic E-state index is 13.0. The molecule has 0 spiro atoms. The Morgan fingerprint density at radius 3 is 2.50 bits per heavy atom. The number of rotatable bonds is 3. The van der Waals surface area contributed by atoms with Crippen LogP contribution in [-0.2, 0) is 12.7 Å². The molecule has 0 bridgehead atoms. The van der Waals surface area contributed by atoms with Crippen molar-refractivity contribution in [2.24, 2.45) is 0 Å². The van der Waals surface area contributed by atoms with E-state index in [1.807, 2.05) is 20.8 Å². The van der Waals surface area contributed by atoms with E-state index in [2.05, 4.69) is 10.3 Å². The van der Waals surface area contributed by atoms with Crippen LogP contribution in [0.5, 0.6) is 0 Å². The summed E-state index contributed by atoms with van der Waals surface area (Å²) in [5.74, 6) is 0.350. The van der Waals surface area contributed by atoms with Crippen molar-refractivity contribution in [2.75, 3.05) is 0 Å². The summed E-state index contributed by atoms with van der Waals surface area (Å²) < 4.78 is 44.1. The van der Waals surface area contributed by atoms with E-state index in [0.717, 1.165) is 11.3 Å². The summed E-state index contributed by atoms with van der Waals surface area (Å²) in [5, 5.41) is 3.29. The topological polar surface area (TPSA) is 38.1 Å². The van der Waals surface area contributed by atoms with Gasteiger partial charge in [0, 0.05) is 12.1 Å². The van der Waals surface area contributed by atoms with Crippen LogP contribution in [0.1, 0.15) is 31.3 Å². The molecule has 0 saturated carbocycles.